The highest BCUT2D eigenvalue weighted by atomic mass is 32.2. The molecule has 0 aromatic carbocycles. The van der Waals surface area contributed by atoms with Gasteiger partial charge in [0.2, 0.25) is 5.16 Å². The van der Waals surface area contributed by atoms with Crippen LogP contribution < -0.4 is 10.6 Å². The molecule has 0 saturated carbocycles. The molecule has 1 aliphatic rings. The van der Waals surface area contributed by atoms with Crippen molar-refractivity contribution in [2.45, 2.75) is 38.0 Å². The Balaban J connectivity index is 1.73. The van der Waals surface area contributed by atoms with E-state index in [1.54, 1.807) is 16.4 Å². The standard InChI is InChI=1S/C12H23N7OS/c1-12(2,3)14-5-7-19-11(15-16-17-19)21-9-8-18-6-4-13-10(18)20/h14H,4-9H2,1-3H3,(H,13,20). The van der Waals surface area contributed by atoms with Gasteiger partial charge in [0.05, 0.1) is 6.54 Å². The minimum Gasteiger partial charge on any atom is -0.336 e. The van der Waals surface area contributed by atoms with Crippen LogP contribution in [-0.2, 0) is 6.54 Å². The number of carbonyl (C=O) groups excluding carboxylic acids is 1. The number of rotatable bonds is 7. The molecule has 2 rings (SSSR count). The van der Waals surface area contributed by atoms with Gasteiger partial charge in [0.15, 0.2) is 0 Å². The topological polar surface area (TPSA) is 88.0 Å². The predicted molar refractivity (Wildman–Crippen MR) is 81.3 cm³/mol. The molecule has 8 nitrogen and oxygen atoms in total. The predicted octanol–water partition coefficient (Wildman–Crippen LogP) is 0.179. The number of nitrogens with one attached hydrogen (secondary N) is 2. The summed E-state index contributed by atoms with van der Waals surface area (Å²) in [5.74, 6) is 0.792. The summed E-state index contributed by atoms with van der Waals surface area (Å²) in [6.45, 7) is 10.2. The summed E-state index contributed by atoms with van der Waals surface area (Å²) in [6.07, 6.45) is 0. The maximum absolute atomic E-state index is 11.4. The molecule has 0 bridgehead atoms. The van der Waals surface area contributed by atoms with Gasteiger partial charge in [0, 0.05) is 37.5 Å². The molecule has 0 atom stereocenters. The molecule has 2 N–H and O–H groups in total. The highest BCUT2D eigenvalue weighted by molar-refractivity contribution is 7.99. The van der Waals surface area contributed by atoms with Crippen LogP contribution in [0.1, 0.15) is 20.8 Å². The van der Waals surface area contributed by atoms with Crippen LogP contribution in [-0.4, -0.2) is 68.6 Å². The lowest BCUT2D eigenvalue weighted by Gasteiger charge is -2.20. The highest BCUT2D eigenvalue weighted by Gasteiger charge is 2.19. The van der Waals surface area contributed by atoms with Crippen molar-refractivity contribution >= 4 is 17.8 Å². The van der Waals surface area contributed by atoms with Crippen molar-refractivity contribution < 1.29 is 4.79 Å². The summed E-state index contributed by atoms with van der Waals surface area (Å²) in [7, 11) is 0. The van der Waals surface area contributed by atoms with Gasteiger partial charge >= 0.3 is 6.03 Å². The number of hydrogen-bond acceptors (Lipinski definition) is 6. The third kappa shape index (κ3) is 5.16. The van der Waals surface area contributed by atoms with Crippen LogP contribution in [0.2, 0.25) is 0 Å². The zero-order chi connectivity index (χ0) is 15.3. The van der Waals surface area contributed by atoms with Gasteiger partial charge in [-0.1, -0.05) is 11.8 Å². The van der Waals surface area contributed by atoms with Gasteiger partial charge in [-0.25, -0.2) is 9.48 Å². The van der Waals surface area contributed by atoms with E-state index >= 15 is 0 Å². The Morgan fingerprint density at radius 2 is 2.19 bits per heavy atom. The molecule has 0 unspecified atom stereocenters. The molecule has 1 fully saturated rings. The number of aromatic nitrogens is 4. The smallest absolute Gasteiger partial charge is 0.317 e. The molecule has 21 heavy (non-hydrogen) atoms. The maximum atomic E-state index is 11.4. The first-order valence-electron chi connectivity index (χ1n) is 7.12. The van der Waals surface area contributed by atoms with Crippen LogP contribution in [0, 0.1) is 0 Å². The third-order valence-electron chi connectivity index (χ3n) is 3.02. The van der Waals surface area contributed by atoms with Crippen molar-refractivity contribution in [2.24, 2.45) is 0 Å². The van der Waals surface area contributed by atoms with Gasteiger partial charge < -0.3 is 15.5 Å². The minimum absolute atomic E-state index is 0.0181. The molecule has 2 amide bonds. The lowest BCUT2D eigenvalue weighted by molar-refractivity contribution is 0.220. The zero-order valence-electron chi connectivity index (χ0n) is 12.8. The van der Waals surface area contributed by atoms with Gasteiger partial charge in [-0.15, -0.1) is 5.10 Å². The Bertz CT molecular complexity index is 470. The molecule has 2 heterocycles. The van der Waals surface area contributed by atoms with Crippen LogP contribution in [0.5, 0.6) is 0 Å². The van der Waals surface area contributed by atoms with Crippen molar-refractivity contribution in [2.75, 3.05) is 31.9 Å². The van der Waals surface area contributed by atoms with Crippen LogP contribution in [0.4, 0.5) is 4.79 Å². The Kier molecular flexibility index (Phi) is 5.40. The highest BCUT2D eigenvalue weighted by Crippen LogP contribution is 2.14. The fourth-order valence-corrected chi connectivity index (χ4v) is 2.81. The van der Waals surface area contributed by atoms with Gasteiger partial charge in [-0.05, 0) is 31.2 Å². The van der Waals surface area contributed by atoms with Crippen molar-refractivity contribution in [3.63, 3.8) is 0 Å². The Morgan fingerprint density at radius 1 is 1.38 bits per heavy atom. The number of amides is 2. The van der Waals surface area contributed by atoms with Gasteiger partial charge in [0.25, 0.3) is 0 Å². The van der Waals surface area contributed by atoms with Crippen LogP contribution in [0.3, 0.4) is 0 Å². The summed E-state index contributed by atoms with van der Waals surface area (Å²) >= 11 is 1.58. The summed E-state index contributed by atoms with van der Waals surface area (Å²) in [5, 5.41) is 18.8. The molecular weight excluding hydrogens is 290 g/mol. The number of carbonyl (C=O) groups is 1. The minimum atomic E-state index is 0.0181. The molecule has 118 valence electrons. The zero-order valence-corrected chi connectivity index (χ0v) is 13.6. The van der Waals surface area contributed by atoms with E-state index in [-0.39, 0.29) is 11.6 Å². The number of nitrogens with zero attached hydrogens (tertiary/aromatic N) is 5. The molecule has 1 aromatic heterocycles. The Labute approximate surface area is 129 Å². The van der Waals surface area contributed by atoms with Crippen LogP contribution in [0.25, 0.3) is 0 Å². The summed E-state index contributed by atoms with van der Waals surface area (Å²) < 4.78 is 1.80. The summed E-state index contributed by atoms with van der Waals surface area (Å²) in [5.41, 5.74) is 0.0877. The molecular formula is C12H23N7OS. The van der Waals surface area contributed by atoms with Crippen LogP contribution >= 0.6 is 11.8 Å². The Morgan fingerprint density at radius 3 is 2.86 bits per heavy atom. The van der Waals surface area contributed by atoms with E-state index in [1.807, 2.05) is 4.90 Å². The quantitative estimate of drug-likeness (QED) is 0.698. The number of tetrazole rings is 1. The van der Waals surface area contributed by atoms with E-state index in [9.17, 15) is 4.79 Å². The first-order valence-corrected chi connectivity index (χ1v) is 8.11. The second-order valence-corrected chi connectivity index (χ2v) is 6.99. The van der Waals surface area contributed by atoms with E-state index in [1.165, 1.54) is 0 Å². The largest absolute Gasteiger partial charge is 0.336 e. The van der Waals surface area contributed by atoms with Gasteiger partial charge in [-0.2, -0.15) is 0 Å². The summed E-state index contributed by atoms with van der Waals surface area (Å²) in [4.78, 5) is 13.2. The fourth-order valence-electron chi connectivity index (χ4n) is 1.95. The lowest BCUT2D eigenvalue weighted by atomic mass is 10.1. The normalized spacial score (nSPS) is 15.6. The molecule has 0 aliphatic carbocycles. The molecule has 9 heteroatoms. The van der Waals surface area contributed by atoms with E-state index < -0.39 is 0 Å². The number of hydrogen-bond donors (Lipinski definition) is 2. The van der Waals surface area contributed by atoms with E-state index in [4.69, 9.17) is 0 Å². The van der Waals surface area contributed by atoms with Gasteiger partial charge in [-0.3, -0.25) is 0 Å². The van der Waals surface area contributed by atoms with Crippen LogP contribution in [0.15, 0.2) is 5.16 Å². The monoisotopic (exact) mass is 313 g/mol. The molecule has 1 aromatic rings. The molecule has 1 aliphatic heterocycles. The average molecular weight is 313 g/mol. The SMILES string of the molecule is CC(C)(C)NCCn1nnnc1SCCN1CCNC1=O. The molecule has 1 saturated heterocycles. The average Bonchev–Trinajstić information content (AvgIpc) is 2.99. The fraction of sp³-hybridized carbons (Fsp3) is 0.833. The van der Waals surface area contributed by atoms with Crippen molar-refractivity contribution in [3.05, 3.63) is 0 Å². The maximum Gasteiger partial charge on any atom is 0.317 e. The third-order valence-corrected chi connectivity index (χ3v) is 3.95. The van der Waals surface area contributed by atoms with Crippen molar-refractivity contribution in [1.29, 1.82) is 0 Å². The van der Waals surface area contributed by atoms with E-state index in [2.05, 4.69) is 46.9 Å². The second-order valence-electron chi connectivity index (χ2n) is 5.93. The molecule has 0 radical (unpaired) electrons. The van der Waals surface area contributed by atoms with E-state index in [0.29, 0.717) is 6.54 Å². The second kappa shape index (κ2) is 7.08. The first-order chi connectivity index (χ1) is 9.96. The number of thioether (sulfide) groups is 1. The Hall–Kier alpha value is -1.35. The van der Waals surface area contributed by atoms with E-state index in [0.717, 1.165) is 37.1 Å². The van der Waals surface area contributed by atoms with Crippen molar-refractivity contribution in [1.82, 2.24) is 35.7 Å². The van der Waals surface area contributed by atoms with Crippen molar-refractivity contribution in [3.8, 4) is 0 Å². The number of urea groups is 1. The first kappa shape index (κ1) is 16.0. The summed E-state index contributed by atoms with van der Waals surface area (Å²) in [6, 6.07) is 0.0181. The lowest BCUT2D eigenvalue weighted by Crippen LogP contribution is -2.38. The molecule has 0 spiro atoms. The van der Waals surface area contributed by atoms with Gasteiger partial charge in [0.1, 0.15) is 0 Å².